The standard InChI is InChI=1S/C30H34N2O5S/c1-6-30(2,3)19-10-13-21-24(16-19)38-28-25(21)27(33)31-26(32-28)18-9-14-22(23(15-18)36-5)37-29(34)17-7-11-20(35-4)12-8-17/h7-9,11-12,14-15,19,26,32H,6,10,13,16H2,1-5H3,(H,31,33). The van der Waals surface area contributed by atoms with Crippen molar-refractivity contribution in [1.82, 2.24) is 5.32 Å². The molecule has 2 heterocycles. The number of ether oxygens (including phenoxy) is 3. The second kappa shape index (κ2) is 10.3. The Labute approximate surface area is 227 Å². The number of amides is 1. The highest BCUT2D eigenvalue weighted by Gasteiger charge is 2.37. The van der Waals surface area contributed by atoms with E-state index in [1.165, 1.54) is 17.6 Å². The van der Waals surface area contributed by atoms with E-state index in [2.05, 4.69) is 31.4 Å². The van der Waals surface area contributed by atoms with Gasteiger partial charge in [-0.15, -0.1) is 11.3 Å². The van der Waals surface area contributed by atoms with Crippen molar-refractivity contribution in [3.63, 3.8) is 0 Å². The minimum Gasteiger partial charge on any atom is -0.497 e. The summed E-state index contributed by atoms with van der Waals surface area (Å²) in [7, 11) is 3.09. The minimum absolute atomic E-state index is 0.0524. The Hall–Kier alpha value is -3.52. The van der Waals surface area contributed by atoms with Crippen LogP contribution in [0.1, 0.15) is 76.5 Å². The van der Waals surface area contributed by atoms with Gasteiger partial charge in [0.05, 0.1) is 25.3 Å². The fourth-order valence-corrected chi connectivity index (χ4v) is 6.61. The molecule has 1 amide bonds. The summed E-state index contributed by atoms with van der Waals surface area (Å²) in [4.78, 5) is 27.2. The summed E-state index contributed by atoms with van der Waals surface area (Å²) in [6.45, 7) is 6.96. The van der Waals surface area contributed by atoms with Gasteiger partial charge in [0.15, 0.2) is 11.5 Å². The van der Waals surface area contributed by atoms with Crippen LogP contribution in [0.2, 0.25) is 0 Å². The molecule has 2 unspecified atom stereocenters. The quantitative estimate of drug-likeness (QED) is 0.270. The van der Waals surface area contributed by atoms with Crippen molar-refractivity contribution >= 4 is 28.2 Å². The Morgan fingerprint density at radius 3 is 2.50 bits per heavy atom. The number of carbonyl (C=O) groups excluding carboxylic acids is 2. The topological polar surface area (TPSA) is 85.9 Å². The van der Waals surface area contributed by atoms with Crippen molar-refractivity contribution in [2.24, 2.45) is 11.3 Å². The fraction of sp³-hybridized carbons (Fsp3) is 0.400. The zero-order valence-corrected chi connectivity index (χ0v) is 23.3. The number of rotatable bonds is 7. The lowest BCUT2D eigenvalue weighted by atomic mass is 9.69. The average Bonchev–Trinajstić information content (AvgIpc) is 3.31. The summed E-state index contributed by atoms with van der Waals surface area (Å²) >= 11 is 1.71. The van der Waals surface area contributed by atoms with E-state index in [4.69, 9.17) is 14.2 Å². The Kier molecular flexibility index (Phi) is 7.09. The van der Waals surface area contributed by atoms with E-state index in [0.717, 1.165) is 41.8 Å². The summed E-state index contributed by atoms with van der Waals surface area (Å²) in [6, 6.07) is 12.0. The van der Waals surface area contributed by atoms with Gasteiger partial charge in [-0.25, -0.2) is 4.79 Å². The van der Waals surface area contributed by atoms with Crippen LogP contribution in [0.4, 0.5) is 5.00 Å². The monoisotopic (exact) mass is 534 g/mol. The molecule has 2 atom stereocenters. The smallest absolute Gasteiger partial charge is 0.343 e. The highest BCUT2D eigenvalue weighted by molar-refractivity contribution is 7.16. The lowest BCUT2D eigenvalue weighted by Crippen LogP contribution is -2.38. The van der Waals surface area contributed by atoms with Crippen LogP contribution in [-0.2, 0) is 12.8 Å². The van der Waals surface area contributed by atoms with Crippen molar-refractivity contribution in [3.8, 4) is 17.2 Å². The number of carbonyl (C=O) groups is 2. The minimum atomic E-state index is -0.499. The first-order valence-corrected chi connectivity index (χ1v) is 13.8. The number of anilines is 1. The number of nitrogens with one attached hydrogen (secondary N) is 2. The molecule has 0 saturated carbocycles. The second-order valence-corrected chi connectivity index (χ2v) is 11.7. The van der Waals surface area contributed by atoms with Gasteiger partial charge in [0.2, 0.25) is 0 Å². The van der Waals surface area contributed by atoms with Gasteiger partial charge in [0.25, 0.3) is 5.91 Å². The maximum atomic E-state index is 13.3. The molecular formula is C30H34N2O5S. The maximum absolute atomic E-state index is 13.3. The molecule has 2 N–H and O–H groups in total. The Balaban J connectivity index is 1.34. The SMILES string of the molecule is CCC(C)(C)C1CCc2c(sc3c2C(=O)NC(c2ccc(OC(=O)c4ccc(OC)cc4)c(OC)c2)N3)C1. The molecule has 0 saturated heterocycles. The van der Waals surface area contributed by atoms with E-state index >= 15 is 0 Å². The van der Waals surface area contributed by atoms with Crippen molar-refractivity contribution in [2.75, 3.05) is 19.5 Å². The van der Waals surface area contributed by atoms with Crippen molar-refractivity contribution in [3.05, 3.63) is 69.6 Å². The zero-order chi connectivity index (χ0) is 27.0. The molecule has 38 heavy (non-hydrogen) atoms. The number of esters is 1. The highest BCUT2D eigenvalue weighted by Crippen LogP contribution is 2.47. The molecule has 0 fully saturated rings. The average molecular weight is 535 g/mol. The molecule has 0 spiro atoms. The van der Waals surface area contributed by atoms with E-state index in [0.29, 0.717) is 28.7 Å². The van der Waals surface area contributed by atoms with Crippen LogP contribution in [0, 0.1) is 11.3 Å². The molecule has 8 heteroatoms. The molecule has 1 aliphatic carbocycles. The van der Waals surface area contributed by atoms with Crippen LogP contribution in [-0.4, -0.2) is 26.1 Å². The molecule has 5 rings (SSSR count). The zero-order valence-electron chi connectivity index (χ0n) is 22.5. The molecule has 1 aliphatic heterocycles. The first-order chi connectivity index (χ1) is 18.2. The van der Waals surface area contributed by atoms with E-state index in [9.17, 15) is 9.59 Å². The lowest BCUT2D eigenvalue weighted by molar-refractivity contribution is 0.0729. The summed E-state index contributed by atoms with van der Waals surface area (Å²) in [5.74, 6) is 1.43. The van der Waals surface area contributed by atoms with Gasteiger partial charge in [0.1, 0.15) is 16.9 Å². The van der Waals surface area contributed by atoms with Gasteiger partial charge in [-0.2, -0.15) is 0 Å². The van der Waals surface area contributed by atoms with Gasteiger partial charge in [0, 0.05) is 4.88 Å². The summed E-state index contributed by atoms with van der Waals surface area (Å²) < 4.78 is 16.3. The number of fused-ring (bicyclic) bond motifs is 3. The normalized spacial score (nSPS) is 18.5. The molecule has 0 bridgehead atoms. The highest BCUT2D eigenvalue weighted by atomic mass is 32.1. The van der Waals surface area contributed by atoms with Crippen molar-refractivity contribution < 1.29 is 23.8 Å². The first kappa shape index (κ1) is 26.1. The first-order valence-electron chi connectivity index (χ1n) is 13.0. The van der Waals surface area contributed by atoms with Crippen molar-refractivity contribution in [1.29, 1.82) is 0 Å². The predicted octanol–water partition coefficient (Wildman–Crippen LogP) is 6.38. The van der Waals surface area contributed by atoms with Crippen molar-refractivity contribution in [2.45, 2.75) is 52.6 Å². The molecular weight excluding hydrogens is 500 g/mol. The molecule has 200 valence electrons. The van der Waals surface area contributed by atoms with Gasteiger partial charge < -0.3 is 24.8 Å². The summed E-state index contributed by atoms with van der Waals surface area (Å²) in [6.07, 6.45) is 3.80. The third-order valence-corrected chi connectivity index (χ3v) is 9.29. The largest absolute Gasteiger partial charge is 0.497 e. The molecule has 0 radical (unpaired) electrons. The second-order valence-electron chi connectivity index (χ2n) is 10.6. The lowest BCUT2D eigenvalue weighted by Gasteiger charge is -2.36. The predicted molar refractivity (Wildman–Crippen MR) is 149 cm³/mol. The Morgan fingerprint density at radius 2 is 1.82 bits per heavy atom. The van der Waals surface area contributed by atoms with Crippen LogP contribution < -0.4 is 24.8 Å². The van der Waals surface area contributed by atoms with E-state index < -0.39 is 12.1 Å². The van der Waals surface area contributed by atoms with Gasteiger partial charge in [-0.05, 0) is 78.1 Å². The molecule has 2 aromatic carbocycles. The summed E-state index contributed by atoms with van der Waals surface area (Å²) in [5, 5.41) is 7.56. The number of methoxy groups -OCH3 is 2. The van der Waals surface area contributed by atoms with Crippen LogP contribution in [0.25, 0.3) is 0 Å². The van der Waals surface area contributed by atoms with Gasteiger partial charge in [-0.1, -0.05) is 33.3 Å². The Bertz CT molecular complexity index is 1360. The number of hydrogen-bond donors (Lipinski definition) is 2. The molecule has 3 aromatic rings. The van der Waals surface area contributed by atoms with E-state index in [-0.39, 0.29) is 11.3 Å². The van der Waals surface area contributed by atoms with Crippen LogP contribution in [0.15, 0.2) is 42.5 Å². The van der Waals surface area contributed by atoms with Crippen LogP contribution >= 0.6 is 11.3 Å². The van der Waals surface area contributed by atoms with E-state index in [1.54, 1.807) is 54.8 Å². The van der Waals surface area contributed by atoms with Crippen LogP contribution in [0.3, 0.4) is 0 Å². The third kappa shape index (κ3) is 4.85. The van der Waals surface area contributed by atoms with Gasteiger partial charge in [-0.3, -0.25) is 4.79 Å². The van der Waals surface area contributed by atoms with Crippen LogP contribution in [0.5, 0.6) is 17.2 Å². The maximum Gasteiger partial charge on any atom is 0.343 e. The fourth-order valence-electron chi connectivity index (χ4n) is 5.25. The molecule has 2 aliphatic rings. The number of benzene rings is 2. The number of hydrogen-bond acceptors (Lipinski definition) is 7. The Morgan fingerprint density at radius 1 is 1.05 bits per heavy atom. The van der Waals surface area contributed by atoms with Gasteiger partial charge >= 0.3 is 5.97 Å². The number of thiophene rings is 1. The van der Waals surface area contributed by atoms with E-state index in [1.807, 2.05) is 6.07 Å². The molecule has 1 aromatic heterocycles. The third-order valence-electron chi connectivity index (χ3n) is 8.11. The summed E-state index contributed by atoms with van der Waals surface area (Å²) in [5.41, 5.74) is 3.49. The molecule has 7 nitrogen and oxygen atoms in total.